The van der Waals surface area contributed by atoms with Crippen molar-refractivity contribution in [2.24, 2.45) is 29.1 Å². The third-order valence-corrected chi connectivity index (χ3v) is 5.82. The molecule has 1 N–H and O–H groups in total. The van der Waals surface area contributed by atoms with Gasteiger partial charge in [0, 0.05) is 12.3 Å². The van der Waals surface area contributed by atoms with Gasteiger partial charge in [-0.2, -0.15) is 0 Å². The van der Waals surface area contributed by atoms with Crippen molar-refractivity contribution >= 4 is 17.3 Å². The van der Waals surface area contributed by atoms with Crippen molar-refractivity contribution < 1.29 is 19.5 Å². The maximum atomic E-state index is 12.5. The molecule has 98 valence electrons. The molecule has 4 aliphatic carbocycles. The molecular weight excluding hydrogens is 232 g/mol. The second-order valence-electron chi connectivity index (χ2n) is 6.50. The number of hydrogen-bond donors (Lipinski definition) is 1. The monoisotopic (exact) mass is 250 g/mol. The fourth-order valence-corrected chi connectivity index (χ4v) is 4.67. The van der Waals surface area contributed by atoms with E-state index in [1.807, 2.05) is 6.92 Å². The lowest BCUT2D eigenvalue weighted by Crippen LogP contribution is -2.74. The number of fused-ring (bicyclic) bond motifs is 1. The van der Waals surface area contributed by atoms with E-state index < -0.39 is 22.9 Å². The fraction of sp³-hybridized carbons (Fsp3) is 0.786. The van der Waals surface area contributed by atoms with Crippen molar-refractivity contribution in [3.05, 3.63) is 0 Å². The van der Waals surface area contributed by atoms with Crippen LogP contribution in [0.4, 0.5) is 0 Å². The highest BCUT2D eigenvalue weighted by molar-refractivity contribution is 6.21. The molecule has 0 saturated heterocycles. The van der Waals surface area contributed by atoms with Gasteiger partial charge in [0.15, 0.2) is 11.6 Å². The Balaban J connectivity index is 2.25. The summed E-state index contributed by atoms with van der Waals surface area (Å²) >= 11 is 0. The number of hydrogen-bond acceptors (Lipinski definition) is 4. The summed E-state index contributed by atoms with van der Waals surface area (Å²) in [6.07, 6.45) is 1.09. The maximum Gasteiger partial charge on any atom is 0.177 e. The van der Waals surface area contributed by atoms with Gasteiger partial charge in [0.25, 0.3) is 0 Å². The molecule has 0 spiro atoms. The van der Waals surface area contributed by atoms with E-state index in [1.54, 1.807) is 6.92 Å². The zero-order valence-corrected chi connectivity index (χ0v) is 10.9. The number of rotatable bonds is 0. The zero-order valence-electron chi connectivity index (χ0n) is 10.9. The largest absolute Gasteiger partial charge is 0.382 e. The van der Waals surface area contributed by atoms with Gasteiger partial charge < -0.3 is 5.11 Å². The van der Waals surface area contributed by atoms with Crippen molar-refractivity contribution in [3.8, 4) is 0 Å². The molecule has 4 rings (SSSR count). The minimum atomic E-state index is -1.53. The molecule has 4 heteroatoms. The van der Waals surface area contributed by atoms with Crippen LogP contribution in [-0.2, 0) is 14.4 Å². The molecule has 4 fully saturated rings. The minimum Gasteiger partial charge on any atom is -0.382 e. The van der Waals surface area contributed by atoms with E-state index >= 15 is 0 Å². The fourth-order valence-electron chi connectivity index (χ4n) is 4.67. The molecule has 4 bridgehead atoms. The first-order valence-corrected chi connectivity index (χ1v) is 6.58. The van der Waals surface area contributed by atoms with Crippen molar-refractivity contribution in [3.63, 3.8) is 0 Å². The van der Waals surface area contributed by atoms with Crippen LogP contribution in [-0.4, -0.2) is 28.1 Å². The molecule has 0 radical (unpaired) electrons. The average molecular weight is 250 g/mol. The third-order valence-electron chi connectivity index (χ3n) is 5.82. The van der Waals surface area contributed by atoms with Gasteiger partial charge in [0.05, 0.1) is 11.3 Å². The summed E-state index contributed by atoms with van der Waals surface area (Å²) in [5.41, 5.74) is -2.70. The first kappa shape index (κ1) is 12.0. The molecule has 0 unspecified atom stereocenters. The molecule has 0 amide bonds. The topological polar surface area (TPSA) is 71.4 Å². The number of carbonyl (C=O) groups is 3. The van der Waals surface area contributed by atoms with Crippen molar-refractivity contribution in [1.29, 1.82) is 0 Å². The Morgan fingerprint density at radius 1 is 1.22 bits per heavy atom. The van der Waals surface area contributed by atoms with Crippen molar-refractivity contribution in [1.82, 2.24) is 0 Å². The average Bonchev–Trinajstić information content (AvgIpc) is 2.31. The third kappa shape index (κ3) is 1.00. The van der Waals surface area contributed by atoms with E-state index in [1.165, 1.54) is 6.92 Å². The lowest BCUT2D eigenvalue weighted by atomic mass is 9.40. The second-order valence-corrected chi connectivity index (χ2v) is 6.50. The van der Waals surface area contributed by atoms with Crippen molar-refractivity contribution in [2.75, 3.05) is 0 Å². The first-order valence-electron chi connectivity index (χ1n) is 6.58. The lowest BCUT2D eigenvalue weighted by molar-refractivity contribution is -0.205. The smallest absolute Gasteiger partial charge is 0.177 e. The summed E-state index contributed by atoms with van der Waals surface area (Å²) in [6, 6.07) is 0. The highest BCUT2D eigenvalue weighted by Crippen LogP contribution is 2.61. The second kappa shape index (κ2) is 3.10. The molecular formula is C14H18O4. The van der Waals surface area contributed by atoms with E-state index in [0.717, 1.165) is 0 Å². The zero-order chi connectivity index (χ0) is 13.5. The Kier molecular flexibility index (Phi) is 2.07. The highest BCUT2D eigenvalue weighted by atomic mass is 16.3. The summed E-state index contributed by atoms with van der Waals surface area (Å²) in [5, 5.41) is 10.5. The first-order chi connectivity index (χ1) is 8.24. The highest BCUT2D eigenvalue weighted by Gasteiger charge is 2.73. The molecule has 0 aromatic heterocycles. The van der Waals surface area contributed by atoms with Gasteiger partial charge in [-0.05, 0) is 32.1 Å². The molecule has 0 heterocycles. The van der Waals surface area contributed by atoms with Gasteiger partial charge in [-0.15, -0.1) is 0 Å². The van der Waals surface area contributed by atoms with Gasteiger partial charge in [-0.25, -0.2) is 0 Å². The number of aliphatic hydroxyl groups is 1. The minimum absolute atomic E-state index is 0.0768. The SMILES string of the molecule is C[C@H]1[C@H]2CCC(=O)[C@@H]3C(=O)[C@]1(C)C(=O)[C@](C)(O)[C@@H]32. The normalized spacial score (nSPS) is 55.0. The standard InChI is InChI=1S/C14H18O4/c1-6-7-4-5-8(15)9-10(7)14(3,18)12(17)13(6,2)11(9)16/h6-7,9-10,18H,4-5H2,1-3H3/t6-,7+,9-,10+,13+,14+/m0/s1. The van der Waals surface area contributed by atoms with Crippen LogP contribution in [0.2, 0.25) is 0 Å². The van der Waals surface area contributed by atoms with E-state index in [2.05, 4.69) is 0 Å². The summed E-state index contributed by atoms with van der Waals surface area (Å²) in [5.74, 6) is -1.97. The molecule has 0 aromatic carbocycles. The Labute approximate surface area is 106 Å². The van der Waals surface area contributed by atoms with Gasteiger partial charge in [-0.3, -0.25) is 14.4 Å². The van der Waals surface area contributed by atoms with Crippen LogP contribution in [0, 0.1) is 29.1 Å². The molecule has 4 saturated carbocycles. The molecule has 18 heavy (non-hydrogen) atoms. The predicted molar refractivity (Wildman–Crippen MR) is 62.6 cm³/mol. The van der Waals surface area contributed by atoms with Gasteiger partial charge in [-0.1, -0.05) is 6.92 Å². The summed E-state index contributed by atoms with van der Waals surface area (Å²) in [4.78, 5) is 36.9. The molecule has 6 atom stereocenters. The van der Waals surface area contributed by atoms with Crippen LogP contribution in [0.5, 0.6) is 0 Å². The Morgan fingerprint density at radius 3 is 2.44 bits per heavy atom. The Hall–Kier alpha value is -1.03. The number of ketones is 3. The Bertz CT molecular complexity index is 478. The molecule has 4 nitrogen and oxygen atoms in total. The molecule has 0 aromatic rings. The summed E-state index contributed by atoms with van der Waals surface area (Å²) in [7, 11) is 0. The van der Waals surface area contributed by atoms with Crippen LogP contribution in [0.15, 0.2) is 0 Å². The van der Waals surface area contributed by atoms with Crippen LogP contribution >= 0.6 is 0 Å². The molecule has 0 aliphatic heterocycles. The van der Waals surface area contributed by atoms with Crippen LogP contribution in [0.1, 0.15) is 33.6 Å². The summed E-state index contributed by atoms with van der Waals surface area (Å²) < 4.78 is 0. The van der Waals surface area contributed by atoms with Crippen LogP contribution < -0.4 is 0 Å². The van der Waals surface area contributed by atoms with E-state index in [9.17, 15) is 19.5 Å². The maximum absolute atomic E-state index is 12.5. The summed E-state index contributed by atoms with van der Waals surface area (Å²) in [6.45, 7) is 5.01. The van der Waals surface area contributed by atoms with E-state index in [0.29, 0.717) is 12.8 Å². The van der Waals surface area contributed by atoms with Crippen LogP contribution in [0.3, 0.4) is 0 Å². The number of carbonyl (C=O) groups excluding carboxylic acids is 3. The van der Waals surface area contributed by atoms with E-state index in [4.69, 9.17) is 0 Å². The molecule has 4 aliphatic rings. The van der Waals surface area contributed by atoms with E-state index in [-0.39, 0.29) is 29.2 Å². The Morgan fingerprint density at radius 2 is 1.83 bits per heavy atom. The van der Waals surface area contributed by atoms with Gasteiger partial charge >= 0.3 is 0 Å². The predicted octanol–water partition coefficient (Wildman–Crippen LogP) is 0.757. The quantitative estimate of drug-likeness (QED) is 0.644. The lowest BCUT2D eigenvalue weighted by Gasteiger charge is -2.61. The van der Waals surface area contributed by atoms with Crippen LogP contribution in [0.25, 0.3) is 0 Å². The van der Waals surface area contributed by atoms with Gasteiger partial charge in [0.2, 0.25) is 0 Å². The van der Waals surface area contributed by atoms with Crippen molar-refractivity contribution in [2.45, 2.75) is 39.2 Å². The number of Topliss-reactive ketones (excluding diaryl/α,β-unsaturated/α-hetero) is 3. The van der Waals surface area contributed by atoms with Gasteiger partial charge in [0.1, 0.15) is 11.4 Å².